The van der Waals surface area contributed by atoms with Gasteiger partial charge in [0.2, 0.25) is 0 Å². The molecule has 0 aliphatic rings. The highest BCUT2D eigenvalue weighted by Crippen LogP contribution is 2.60. The van der Waals surface area contributed by atoms with Crippen LogP contribution in [0.3, 0.4) is 0 Å². The Morgan fingerprint density at radius 3 is 2.50 bits per heavy atom. The van der Waals surface area contributed by atoms with Crippen LogP contribution >= 0.6 is 23.5 Å². The molecule has 0 aliphatic carbocycles. The van der Waals surface area contributed by atoms with Gasteiger partial charge in [0.25, 0.3) is 0 Å². The molecule has 0 spiro atoms. The molecular weight excluding hydrogens is 434 g/mol. The first-order valence-electron chi connectivity index (χ1n) is 7.48. The number of aryl methyl sites for hydroxylation is 1. The maximum absolute atomic E-state index is 13.9. The highest BCUT2D eigenvalue weighted by atomic mass is 79.9. The van der Waals surface area contributed by atoms with E-state index in [9.17, 15) is 17.7 Å². The van der Waals surface area contributed by atoms with Crippen molar-refractivity contribution in [3.63, 3.8) is 0 Å². The van der Waals surface area contributed by atoms with Gasteiger partial charge in [0, 0.05) is 33.7 Å². The van der Waals surface area contributed by atoms with Crippen LogP contribution in [0.4, 0.5) is 13.2 Å². The van der Waals surface area contributed by atoms with E-state index in [2.05, 4.69) is 15.9 Å². The Labute approximate surface area is 155 Å². The molecule has 0 atom stereocenters. The first-order valence-corrected chi connectivity index (χ1v) is 9.88. The zero-order valence-electron chi connectivity index (χ0n) is 13.5. The van der Waals surface area contributed by atoms with Crippen molar-refractivity contribution in [2.24, 2.45) is 0 Å². The predicted molar refractivity (Wildman–Crippen MR) is 95.8 cm³/mol. The molecule has 3 rings (SSSR count). The fourth-order valence-electron chi connectivity index (χ4n) is 2.83. The Hall–Kier alpha value is -1.60. The number of alkyl halides is 2. The van der Waals surface area contributed by atoms with E-state index in [1.54, 1.807) is 6.07 Å². The minimum Gasteiger partial charge on any atom is -0.343 e. The van der Waals surface area contributed by atoms with Gasteiger partial charge < -0.3 is 14.4 Å². The standard InChI is InChI=1S/C17H14BrF3NO3P/c1-10-8-22(16-5-3-12(19)7-13(10)16)9-11-2-4-14(15(18)6-11)17(20,21)26(23,24)25/h2-8H,9H2,1H3,(H2,23,24,25). The lowest BCUT2D eigenvalue weighted by atomic mass is 10.1. The maximum atomic E-state index is 13.9. The molecule has 0 bridgehead atoms. The van der Waals surface area contributed by atoms with Crippen molar-refractivity contribution < 1.29 is 27.5 Å². The molecule has 0 aliphatic heterocycles. The molecule has 0 unspecified atom stereocenters. The average molecular weight is 448 g/mol. The van der Waals surface area contributed by atoms with Crippen LogP contribution in [0.5, 0.6) is 0 Å². The van der Waals surface area contributed by atoms with E-state index in [4.69, 9.17) is 9.79 Å². The number of halogens is 4. The lowest BCUT2D eigenvalue weighted by Crippen LogP contribution is -2.14. The van der Waals surface area contributed by atoms with Crippen LogP contribution in [0, 0.1) is 12.7 Å². The monoisotopic (exact) mass is 447 g/mol. The summed E-state index contributed by atoms with van der Waals surface area (Å²) in [4.78, 5) is 17.8. The van der Waals surface area contributed by atoms with E-state index in [1.165, 1.54) is 24.3 Å². The Morgan fingerprint density at radius 1 is 1.19 bits per heavy atom. The average Bonchev–Trinajstić information content (AvgIpc) is 2.81. The van der Waals surface area contributed by atoms with E-state index in [0.29, 0.717) is 12.1 Å². The van der Waals surface area contributed by atoms with Gasteiger partial charge in [0.15, 0.2) is 0 Å². The van der Waals surface area contributed by atoms with Gasteiger partial charge in [-0.15, -0.1) is 0 Å². The molecule has 2 N–H and O–H groups in total. The van der Waals surface area contributed by atoms with E-state index in [1.807, 2.05) is 17.7 Å². The lowest BCUT2D eigenvalue weighted by molar-refractivity contribution is 0.0557. The molecule has 138 valence electrons. The van der Waals surface area contributed by atoms with Crippen molar-refractivity contribution in [2.45, 2.75) is 19.1 Å². The molecule has 0 fully saturated rings. The number of hydrogen-bond acceptors (Lipinski definition) is 1. The highest BCUT2D eigenvalue weighted by Gasteiger charge is 2.51. The van der Waals surface area contributed by atoms with Crippen molar-refractivity contribution in [1.82, 2.24) is 4.57 Å². The maximum Gasteiger partial charge on any atom is 0.399 e. The van der Waals surface area contributed by atoms with Crippen molar-refractivity contribution in [3.8, 4) is 0 Å². The first-order chi connectivity index (χ1) is 12.0. The summed E-state index contributed by atoms with van der Waals surface area (Å²) >= 11 is 2.97. The fraction of sp³-hybridized carbons (Fsp3) is 0.176. The fourth-order valence-corrected chi connectivity index (χ4v) is 4.17. The van der Waals surface area contributed by atoms with Crippen molar-refractivity contribution in [3.05, 3.63) is 69.6 Å². The molecular formula is C17H14BrF3NO3P. The minimum absolute atomic E-state index is 0.0949. The van der Waals surface area contributed by atoms with Gasteiger partial charge in [-0.1, -0.05) is 28.1 Å². The summed E-state index contributed by atoms with van der Waals surface area (Å²) in [6, 6.07) is 8.19. The minimum atomic E-state index is -5.64. The SMILES string of the molecule is Cc1cn(Cc2ccc(C(F)(F)P(=O)(O)O)c(Br)c2)c2ccc(F)cc12. The highest BCUT2D eigenvalue weighted by molar-refractivity contribution is 9.10. The van der Waals surface area contributed by atoms with Crippen molar-refractivity contribution in [2.75, 3.05) is 0 Å². The van der Waals surface area contributed by atoms with Crippen LogP contribution in [-0.4, -0.2) is 14.4 Å². The van der Waals surface area contributed by atoms with E-state index >= 15 is 0 Å². The molecule has 9 heteroatoms. The summed E-state index contributed by atoms with van der Waals surface area (Å²) in [6.07, 6.45) is 1.83. The zero-order valence-corrected chi connectivity index (χ0v) is 15.9. The van der Waals surface area contributed by atoms with Gasteiger partial charge in [-0.05, 0) is 42.3 Å². The second-order valence-electron chi connectivity index (χ2n) is 6.00. The Kier molecular flexibility index (Phi) is 4.82. The second kappa shape index (κ2) is 6.53. The number of fused-ring (bicyclic) bond motifs is 1. The van der Waals surface area contributed by atoms with E-state index in [-0.39, 0.29) is 10.3 Å². The van der Waals surface area contributed by atoms with E-state index < -0.39 is 18.8 Å². The summed E-state index contributed by atoms with van der Waals surface area (Å²) in [6.45, 7) is 2.17. The van der Waals surface area contributed by atoms with E-state index in [0.717, 1.165) is 22.5 Å². The normalized spacial score (nSPS) is 12.7. The molecule has 1 aromatic heterocycles. The first kappa shape index (κ1) is 19.2. The zero-order chi connectivity index (χ0) is 19.3. The van der Waals surface area contributed by atoms with Crippen LogP contribution in [0.2, 0.25) is 0 Å². The van der Waals surface area contributed by atoms with Crippen LogP contribution in [0.1, 0.15) is 16.7 Å². The number of hydrogen-bond donors (Lipinski definition) is 2. The van der Waals surface area contributed by atoms with Crippen molar-refractivity contribution in [1.29, 1.82) is 0 Å². The molecule has 0 radical (unpaired) electrons. The van der Waals surface area contributed by atoms with Crippen molar-refractivity contribution >= 4 is 34.4 Å². The molecule has 0 saturated heterocycles. The summed E-state index contributed by atoms with van der Waals surface area (Å²) < 4.78 is 54.0. The van der Waals surface area contributed by atoms with Crippen LogP contribution in [-0.2, 0) is 16.8 Å². The summed E-state index contributed by atoms with van der Waals surface area (Å²) in [5.74, 6) is -0.342. The molecule has 0 amide bonds. The number of benzene rings is 2. The summed E-state index contributed by atoms with van der Waals surface area (Å²) in [7, 11) is -5.64. The molecule has 26 heavy (non-hydrogen) atoms. The third-order valence-electron chi connectivity index (χ3n) is 4.12. The molecule has 3 aromatic rings. The van der Waals surface area contributed by atoms with Gasteiger partial charge in [0.1, 0.15) is 5.82 Å². The Morgan fingerprint density at radius 2 is 1.88 bits per heavy atom. The smallest absolute Gasteiger partial charge is 0.343 e. The van der Waals surface area contributed by atoms with Crippen LogP contribution in [0.25, 0.3) is 10.9 Å². The molecule has 2 aromatic carbocycles. The topological polar surface area (TPSA) is 62.5 Å². The lowest BCUT2D eigenvalue weighted by Gasteiger charge is -2.19. The third kappa shape index (κ3) is 3.34. The molecule has 4 nitrogen and oxygen atoms in total. The number of nitrogens with zero attached hydrogens (tertiary/aromatic N) is 1. The largest absolute Gasteiger partial charge is 0.399 e. The van der Waals surface area contributed by atoms with Crippen LogP contribution < -0.4 is 0 Å². The number of rotatable bonds is 4. The molecule has 1 heterocycles. The van der Waals surface area contributed by atoms with Gasteiger partial charge in [-0.25, -0.2) is 4.39 Å². The quantitative estimate of drug-likeness (QED) is 0.545. The van der Waals surface area contributed by atoms with Gasteiger partial charge >= 0.3 is 13.3 Å². The second-order valence-corrected chi connectivity index (χ2v) is 8.51. The Bertz CT molecular complexity index is 1050. The van der Waals surface area contributed by atoms with Gasteiger partial charge in [0.05, 0.1) is 0 Å². The third-order valence-corrected chi connectivity index (χ3v) is 5.75. The Balaban J connectivity index is 1.98. The van der Waals surface area contributed by atoms with Gasteiger partial charge in [-0.2, -0.15) is 8.78 Å². The molecule has 0 saturated carbocycles. The summed E-state index contributed by atoms with van der Waals surface area (Å²) in [5, 5.41) is 0.758. The predicted octanol–water partition coefficient (Wildman–Crippen LogP) is 5.13. The summed E-state index contributed by atoms with van der Waals surface area (Å²) in [5.41, 5.74) is -2.74. The van der Waals surface area contributed by atoms with Gasteiger partial charge in [-0.3, -0.25) is 4.57 Å². The van der Waals surface area contributed by atoms with Crippen LogP contribution in [0.15, 0.2) is 47.1 Å². The number of aromatic nitrogens is 1.